The minimum absolute atomic E-state index is 0.349. The second kappa shape index (κ2) is 8.92. The molecule has 4 unspecified atom stereocenters. The van der Waals surface area contributed by atoms with E-state index in [0.29, 0.717) is 18.2 Å². The van der Waals surface area contributed by atoms with Crippen molar-refractivity contribution in [2.24, 2.45) is 5.92 Å². The lowest BCUT2D eigenvalue weighted by atomic mass is 9.85. The molecular formula is C16H33NO. The maximum Gasteiger partial charge on any atom is 0.0703 e. The lowest BCUT2D eigenvalue weighted by Gasteiger charge is -2.33. The Labute approximate surface area is 114 Å². The Bertz CT molecular complexity index is 207. The molecule has 108 valence electrons. The Balaban J connectivity index is 2.34. The highest BCUT2D eigenvalue weighted by atomic mass is 16.5. The fourth-order valence-corrected chi connectivity index (χ4v) is 3.11. The van der Waals surface area contributed by atoms with Crippen LogP contribution in [0.4, 0.5) is 0 Å². The van der Waals surface area contributed by atoms with E-state index >= 15 is 0 Å². The molecule has 1 aliphatic rings. The highest BCUT2D eigenvalue weighted by molar-refractivity contribution is 4.77. The van der Waals surface area contributed by atoms with Gasteiger partial charge in [0.15, 0.2) is 0 Å². The van der Waals surface area contributed by atoms with E-state index in [4.69, 9.17) is 4.74 Å². The van der Waals surface area contributed by atoms with Crippen molar-refractivity contribution >= 4 is 0 Å². The molecule has 0 aromatic rings. The Hall–Kier alpha value is -0.0800. The summed E-state index contributed by atoms with van der Waals surface area (Å²) < 4.78 is 6.31. The van der Waals surface area contributed by atoms with E-state index < -0.39 is 0 Å². The van der Waals surface area contributed by atoms with Crippen molar-refractivity contribution in [3.63, 3.8) is 0 Å². The molecule has 2 nitrogen and oxygen atoms in total. The van der Waals surface area contributed by atoms with Crippen LogP contribution in [0.5, 0.6) is 0 Å². The fourth-order valence-electron chi connectivity index (χ4n) is 3.11. The first kappa shape index (κ1) is 16.0. The van der Waals surface area contributed by atoms with Crippen LogP contribution < -0.4 is 5.32 Å². The predicted octanol–water partition coefficient (Wildman–Crippen LogP) is 4.14. The van der Waals surface area contributed by atoms with Gasteiger partial charge in [-0.25, -0.2) is 0 Å². The number of rotatable bonds is 8. The van der Waals surface area contributed by atoms with Gasteiger partial charge in [0.05, 0.1) is 12.2 Å². The van der Waals surface area contributed by atoms with Crippen LogP contribution in [0, 0.1) is 5.92 Å². The summed E-state index contributed by atoms with van der Waals surface area (Å²) >= 11 is 0. The van der Waals surface area contributed by atoms with Crippen molar-refractivity contribution in [3.05, 3.63) is 0 Å². The van der Waals surface area contributed by atoms with E-state index in [9.17, 15) is 0 Å². The highest BCUT2D eigenvalue weighted by Crippen LogP contribution is 2.29. The van der Waals surface area contributed by atoms with E-state index in [-0.39, 0.29) is 0 Å². The zero-order valence-electron chi connectivity index (χ0n) is 12.9. The van der Waals surface area contributed by atoms with Gasteiger partial charge in [-0.15, -0.1) is 0 Å². The number of nitrogens with one attached hydrogen (secondary N) is 1. The Morgan fingerprint density at radius 3 is 2.61 bits per heavy atom. The van der Waals surface area contributed by atoms with Crippen LogP contribution in [0.2, 0.25) is 0 Å². The number of ether oxygens (including phenoxy) is 1. The van der Waals surface area contributed by atoms with Gasteiger partial charge >= 0.3 is 0 Å². The van der Waals surface area contributed by atoms with Crippen LogP contribution in [0.3, 0.4) is 0 Å². The van der Waals surface area contributed by atoms with E-state index in [0.717, 1.165) is 18.9 Å². The molecule has 1 fully saturated rings. The van der Waals surface area contributed by atoms with E-state index in [1.54, 1.807) is 0 Å². The highest BCUT2D eigenvalue weighted by Gasteiger charge is 2.25. The van der Waals surface area contributed by atoms with Gasteiger partial charge in [-0.1, -0.05) is 40.0 Å². The van der Waals surface area contributed by atoms with E-state index in [1.165, 1.54) is 38.5 Å². The van der Waals surface area contributed by atoms with Crippen molar-refractivity contribution in [1.29, 1.82) is 0 Å². The van der Waals surface area contributed by atoms with Gasteiger partial charge in [0.1, 0.15) is 0 Å². The molecule has 0 radical (unpaired) electrons. The molecule has 1 saturated carbocycles. The van der Waals surface area contributed by atoms with Gasteiger partial charge < -0.3 is 10.1 Å². The summed E-state index contributed by atoms with van der Waals surface area (Å²) in [4.78, 5) is 0. The van der Waals surface area contributed by atoms with Crippen molar-refractivity contribution in [3.8, 4) is 0 Å². The van der Waals surface area contributed by atoms with Gasteiger partial charge in [0, 0.05) is 6.04 Å². The zero-order chi connectivity index (χ0) is 13.4. The van der Waals surface area contributed by atoms with Gasteiger partial charge in [0.25, 0.3) is 0 Å². The molecule has 1 N–H and O–H groups in total. The molecule has 2 heteroatoms. The first-order valence-corrected chi connectivity index (χ1v) is 8.10. The minimum atomic E-state index is 0.349. The maximum atomic E-state index is 6.31. The molecule has 0 heterocycles. The third-order valence-corrected chi connectivity index (χ3v) is 4.38. The lowest BCUT2D eigenvalue weighted by Crippen LogP contribution is -2.42. The molecule has 0 spiro atoms. The molecular weight excluding hydrogens is 222 g/mol. The lowest BCUT2D eigenvalue weighted by molar-refractivity contribution is -0.0480. The molecule has 0 aliphatic heterocycles. The standard InChI is InChI=1S/C16H33NO/c1-5-11-17-16(7-3)13(4)18-15-10-8-9-14(6-2)12-15/h13-17H,5-12H2,1-4H3. The van der Waals surface area contributed by atoms with Crippen LogP contribution >= 0.6 is 0 Å². The van der Waals surface area contributed by atoms with Gasteiger partial charge in [-0.2, -0.15) is 0 Å². The molecule has 4 atom stereocenters. The first-order valence-electron chi connectivity index (χ1n) is 8.10. The third kappa shape index (κ3) is 5.27. The van der Waals surface area contributed by atoms with Crippen LogP contribution in [0.25, 0.3) is 0 Å². The molecule has 1 aliphatic carbocycles. The summed E-state index contributed by atoms with van der Waals surface area (Å²) in [5, 5.41) is 3.61. The molecule has 18 heavy (non-hydrogen) atoms. The van der Waals surface area contributed by atoms with Crippen LogP contribution in [-0.4, -0.2) is 24.8 Å². The van der Waals surface area contributed by atoms with Crippen molar-refractivity contribution in [2.45, 2.75) is 90.9 Å². The van der Waals surface area contributed by atoms with Crippen molar-refractivity contribution < 1.29 is 4.74 Å². The Kier molecular flexibility index (Phi) is 7.92. The predicted molar refractivity (Wildman–Crippen MR) is 79.0 cm³/mol. The normalized spacial score (nSPS) is 28.0. The second-order valence-corrected chi connectivity index (χ2v) is 5.87. The van der Waals surface area contributed by atoms with Crippen LogP contribution in [0.1, 0.15) is 72.6 Å². The zero-order valence-corrected chi connectivity index (χ0v) is 12.9. The monoisotopic (exact) mass is 255 g/mol. The third-order valence-electron chi connectivity index (χ3n) is 4.38. The SMILES string of the molecule is CCCNC(CC)C(C)OC1CCCC(CC)C1. The molecule has 0 saturated heterocycles. The fraction of sp³-hybridized carbons (Fsp3) is 1.00. The van der Waals surface area contributed by atoms with E-state index in [2.05, 4.69) is 33.0 Å². The summed E-state index contributed by atoms with van der Waals surface area (Å²) in [7, 11) is 0. The molecule has 0 bridgehead atoms. The quantitative estimate of drug-likeness (QED) is 0.704. The van der Waals surface area contributed by atoms with Gasteiger partial charge in [-0.05, 0) is 45.1 Å². The second-order valence-electron chi connectivity index (χ2n) is 5.87. The molecule has 0 aromatic carbocycles. The van der Waals surface area contributed by atoms with Gasteiger partial charge in [0.2, 0.25) is 0 Å². The summed E-state index contributed by atoms with van der Waals surface area (Å²) in [6.07, 6.45) is 9.86. The average molecular weight is 255 g/mol. The summed E-state index contributed by atoms with van der Waals surface area (Å²) in [5.74, 6) is 0.902. The number of hydrogen-bond donors (Lipinski definition) is 1. The summed E-state index contributed by atoms with van der Waals surface area (Å²) in [6.45, 7) is 10.1. The van der Waals surface area contributed by atoms with Crippen molar-refractivity contribution in [1.82, 2.24) is 5.32 Å². The smallest absolute Gasteiger partial charge is 0.0703 e. The molecule has 0 amide bonds. The maximum absolute atomic E-state index is 6.31. The van der Waals surface area contributed by atoms with Crippen LogP contribution in [-0.2, 0) is 4.74 Å². The Morgan fingerprint density at radius 1 is 1.22 bits per heavy atom. The largest absolute Gasteiger partial charge is 0.374 e. The average Bonchev–Trinajstić information content (AvgIpc) is 2.40. The van der Waals surface area contributed by atoms with E-state index in [1.807, 2.05) is 0 Å². The first-order chi connectivity index (χ1) is 8.71. The minimum Gasteiger partial charge on any atom is -0.374 e. The molecule has 0 aromatic heterocycles. The van der Waals surface area contributed by atoms with Crippen LogP contribution in [0.15, 0.2) is 0 Å². The Morgan fingerprint density at radius 2 is 2.00 bits per heavy atom. The number of hydrogen-bond acceptors (Lipinski definition) is 2. The summed E-state index contributed by atoms with van der Waals surface area (Å²) in [5.41, 5.74) is 0. The summed E-state index contributed by atoms with van der Waals surface area (Å²) in [6, 6.07) is 0.520. The van der Waals surface area contributed by atoms with Crippen molar-refractivity contribution in [2.75, 3.05) is 6.54 Å². The topological polar surface area (TPSA) is 21.3 Å². The van der Waals surface area contributed by atoms with Gasteiger partial charge in [-0.3, -0.25) is 0 Å². The molecule has 1 rings (SSSR count).